The zero-order valence-electron chi connectivity index (χ0n) is 14.3. The molecular formula is C15H26N4O3S2. The van der Waals surface area contributed by atoms with E-state index in [0.717, 1.165) is 44.0 Å². The minimum atomic E-state index is -3.27. The van der Waals surface area contributed by atoms with Gasteiger partial charge in [-0.15, -0.1) is 0 Å². The number of ether oxygens (including phenoxy) is 1. The van der Waals surface area contributed by atoms with E-state index in [1.54, 1.807) is 24.6 Å². The fourth-order valence-electron chi connectivity index (χ4n) is 3.44. The molecule has 2 saturated heterocycles. The van der Waals surface area contributed by atoms with Crippen LogP contribution in [0.25, 0.3) is 0 Å². The van der Waals surface area contributed by atoms with Crippen LogP contribution in [0.5, 0.6) is 5.19 Å². The average Bonchev–Trinajstić information content (AvgIpc) is 3.08. The lowest BCUT2D eigenvalue weighted by atomic mass is 10.00. The normalized spacial score (nSPS) is 23.0. The van der Waals surface area contributed by atoms with Gasteiger partial charge in [-0.2, -0.15) is 17.0 Å². The van der Waals surface area contributed by atoms with Gasteiger partial charge in [0.05, 0.1) is 0 Å². The van der Waals surface area contributed by atoms with E-state index in [1.807, 2.05) is 5.38 Å². The molecule has 0 amide bonds. The molecule has 0 saturated carbocycles. The lowest BCUT2D eigenvalue weighted by molar-refractivity contribution is 0.0580. The molecule has 24 heavy (non-hydrogen) atoms. The van der Waals surface area contributed by atoms with Gasteiger partial charge < -0.3 is 9.64 Å². The predicted molar refractivity (Wildman–Crippen MR) is 94.5 cm³/mol. The number of nitrogens with zero attached hydrogens (tertiary/aromatic N) is 4. The van der Waals surface area contributed by atoms with Gasteiger partial charge in [-0.25, -0.2) is 4.98 Å². The molecule has 9 heteroatoms. The predicted octanol–water partition coefficient (Wildman–Crippen LogP) is 1.26. The number of rotatable bonds is 5. The highest BCUT2D eigenvalue weighted by Gasteiger charge is 2.33. The SMILES string of the molecule is CN(C)S(=O)(=O)N1CCC(N2CCC(Oc3nccs3)CC2)CC1. The van der Waals surface area contributed by atoms with E-state index < -0.39 is 10.2 Å². The number of piperidine rings is 2. The third kappa shape index (κ3) is 4.08. The van der Waals surface area contributed by atoms with Crippen LogP contribution >= 0.6 is 11.3 Å². The molecule has 0 aromatic carbocycles. The van der Waals surface area contributed by atoms with Crippen LogP contribution < -0.4 is 4.74 Å². The Bertz CT molecular complexity index is 605. The maximum atomic E-state index is 12.2. The lowest BCUT2D eigenvalue weighted by Gasteiger charge is -2.41. The van der Waals surface area contributed by atoms with Gasteiger partial charge in [0.1, 0.15) is 6.10 Å². The molecule has 1 aromatic rings. The Morgan fingerprint density at radius 1 is 1.17 bits per heavy atom. The minimum Gasteiger partial charge on any atom is -0.467 e. The molecule has 0 bridgehead atoms. The number of hydrogen-bond acceptors (Lipinski definition) is 6. The van der Waals surface area contributed by atoms with Crippen molar-refractivity contribution in [3.8, 4) is 5.19 Å². The molecule has 136 valence electrons. The molecule has 0 radical (unpaired) electrons. The fourth-order valence-corrected chi connectivity index (χ4v) is 5.12. The van der Waals surface area contributed by atoms with Gasteiger partial charge in [-0.1, -0.05) is 11.3 Å². The van der Waals surface area contributed by atoms with Gasteiger partial charge in [-0.05, 0) is 25.7 Å². The van der Waals surface area contributed by atoms with Crippen molar-refractivity contribution in [1.82, 2.24) is 18.5 Å². The van der Waals surface area contributed by atoms with Crippen molar-refractivity contribution in [1.29, 1.82) is 0 Å². The number of likely N-dealkylation sites (tertiary alicyclic amines) is 1. The molecule has 2 aliphatic heterocycles. The summed E-state index contributed by atoms with van der Waals surface area (Å²) in [5, 5.41) is 2.69. The maximum Gasteiger partial charge on any atom is 0.281 e. The Morgan fingerprint density at radius 2 is 1.83 bits per heavy atom. The van der Waals surface area contributed by atoms with Gasteiger partial charge in [0.25, 0.3) is 15.4 Å². The number of aromatic nitrogens is 1. The summed E-state index contributed by atoms with van der Waals surface area (Å²) in [6.07, 6.45) is 5.86. The lowest BCUT2D eigenvalue weighted by Crippen LogP contribution is -2.51. The summed E-state index contributed by atoms with van der Waals surface area (Å²) in [6.45, 7) is 3.25. The van der Waals surface area contributed by atoms with Crippen LogP contribution in [0.1, 0.15) is 25.7 Å². The highest BCUT2D eigenvalue weighted by Crippen LogP contribution is 2.25. The second-order valence-electron chi connectivity index (χ2n) is 6.57. The van der Waals surface area contributed by atoms with Crippen molar-refractivity contribution in [2.24, 2.45) is 0 Å². The molecule has 0 unspecified atom stereocenters. The van der Waals surface area contributed by atoms with Crippen molar-refractivity contribution < 1.29 is 13.2 Å². The third-order valence-electron chi connectivity index (χ3n) is 4.88. The molecule has 2 fully saturated rings. The molecule has 7 nitrogen and oxygen atoms in total. The first-order valence-electron chi connectivity index (χ1n) is 8.44. The monoisotopic (exact) mass is 374 g/mol. The van der Waals surface area contributed by atoms with E-state index >= 15 is 0 Å². The molecule has 0 atom stereocenters. The van der Waals surface area contributed by atoms with Crippen LogP contribution in [0.3, 0.4) is 0 Å². The summed E-state index contributed by atoms with van der Waals surface area (Å²) < 4.78 is 33.2. The van der Waals surface area contributed by atoms with Crippen LogP contribution in [0, 0.1) is 0 Å². The Hall–Kier alpha value is -0.740. The van der Waals surface area contributed by atoms with Crippen LogP contribution in [-0.2, 0) is 10.2 Å². The summed E-state index contributed by atoms with van der Waals surface area (Å²) in [4.78, 5) is 6.68. The zero-order chi connectivity index (χ0) is 17.2. The standard InChI is InChI=1S/C15H26N4O3S2/c1-17(2)24(20,21)19-10-3-13(4-11-19)18-8-5-14(6-9-18)22-15-16-7-12-23-15/h7,12-14H,3-6,8-11H2,1-2H3. The second kappa shape index (κ2) is 7.65. The smallest absolute Gasteiger partial charge is 0.281 e. The first-order chi connectivity index (χ1) is 11.5. The van der Waals surface area contributed by atoms with Crippen LogP contribution in [0.2, 0.25) is 0 Å². The largest absolute Gasteiger partial charge is 0.467 e. The fraction of sp³-hybridized carbons (Fsp3) is 0.800. The maximum absolute atomic E-state index is 12.2. The molecule has 0 N–H and O–H groups in total. The van der Waals surface area contributed by atoms with Gasteiger partial charge in [0, 0.05) is 57.9 Å². The van der Waals surface area contributed by atoms with Crippen molar-refractivity contribution in [2.75, 3.05) is 40.3 Å². The topological polar surface area (TPSA) is 66.0 Å². The zero-order valence-corrected chi connectivity index (χ0v) is 15.9. The van der Waals surface area contributed by atoms with Crippen LogP contribution in [0.4, 0.5) is 0 Å². The minimum absolute atomic E-state index is 0.251. The van der Waals surface area contributed by atoms with Gasteiger partial charge in [-0.3, -0.25) is 0 Å². The van der Waals surface area contributed by atoms with Crippen molar-refractivity contribution >= 4 is 21.5 Å². The van der Waals surface area contributed by atoms with E-state index in [9.17, 15) is 8.42 Å². The van der Waals surface area contributed by atoms with E-state index in [-0.39, 0.29) is 6.10 Å². The number of hydrogen-bond donors (Lipinski definition) is 0. The summed E-state index contributed by atoms with van der Waals surface area (Å²) in [6, 6.07) is 0.486. The molecule has 2 aliphatic rings. The summed E-state index contributed by atoms with van der Waals surface area (Å²) in [5.41, 5.74) is 0. The average molecular weight is 375 g/mol. The first kappa shape index (κ1) is 18.1. The highest BCUT2D eigenvalue weighted by molar-refractivity contribution is 7.86. The van der Waals surface area contributed by atoms with E-state index in [2.05, 4.69) is 9.88 Å². The third-order valence-corrected chi connectivity index (χ3v) is 7.48. The molecule has 0 spiro atoms. The van der Waals surface area contributed by atoms with Gasteiger partial charge in [0.15, 0.2) is 0 Å². The van der Waals surface area contributed by atoms with Crippen LogP contribution in [-0.4, -0.2) is 79.3 Å². The highest BCUT2D eigenvalue weighted by atomic mass is 32.2. The van der Waals surface area contributed by atoms with E-state index in [0.29, 0.717) is 19.1 Å². The molecule has 3 rings (SSSR count). The van der Waals surface area contributed by atoms with Crippen molar-refractivity contribution in [3.63, 3.8) is 0 Å². The Morgan fingerprint density at radius 3 is 2.38 bits per heavy atom. The van der Waals surface area contributed by atoms with Crippen molar-refractivity contribution in [3.05, 3.63) is 11.6 Å². The molecular weight excluding hydrogens is 348 g/mol. The summed E-state index contributed by atoms with van der Waals surface area (Å²) in [5.74, 6) is 0. The Labute approximate surface area is 148 Å². The molecule has 3 heterocycles. The van der Waals surface area contributed by atoms with Crippen molar-refractivity contribution in [2.45, 2.75) is 37.8 Å². The van der Waals surface area contributed by atoms with Crippen LogP contribution in [0.15, 0.2) is 11.6 Å². The second-order valence-corrected chi connectivity index (χ2v) is 9.57. The molecule has 1 aromatic heterocycles. The Balaban J connectivity index is 1.45. The van der Waals surface area contributed by atoms with Gasteiger partial charge >= 0.3 is 0 Å². The van der Waals surface area contributed by atoms with Gasteiger partial charge in [0.2, 0.25) is 0 Å². The summed E-state index contributed by atoms with van der Waals surface area (Å²) in [7, 11) is -0.0858. The quantitative estimate of drug-likeness (QED) is 0.776. The first-order valence-corrected chi connectivity index (χ1v) is 10.7. The Kier molecular flexibility index (Phi) is 5.76. The number of thiazole rings is 1. The summed E-state index contributed by atoms with van der Waals surface area (Å²) >= 11 is 1.54. The van der Waals surface area contributed by atoms with E-state index in [1.165, 1.54) is 15.6 Å². The molecule has 0 aliphatic carbocycles. The van der Waals surface area contributed by atoms with E-state index in [4.69, 9.17) is 4.74 Å².